The van der Waals surface area contributed by atoms with Crippen molar-refractivity contribution in [2.24, 2.45) is 0 Å². The molecule has 0 aliphatic carbocycles. The van der Waals surface area contributed by atoms with E-state index in [9.17, 15) is 4.79 Å². The maximum absolute atomic E-state index is 11.8. The quantitative estimate of drug-likeness (QED) is 0.840. The molecule has 0 fully saturated rings. The summed E-state index contributed by atoms with van der Waals surface area (Å²) in [5.41, 5.74) is 7.75. The molecule has 0 atom stereocenters. The summed E-state index contributed by atoms with van der Waals surface area (Å²) in [6, 6.07) is 11.2. The van der Waals surface area contributed by atoms with Crippen LogP contribution in [0.15, 0.2) is 42.6 Å². The molecule has 2 N–H and O–H groups in total. The fraction of sp³-hybridized carbons (Fsp3) is 0.143. The van der Waals surface area contributed by atoms with E-state index in [-0.39, 0.29) is 5.97 Å². The van der Waals surface area contributed by atoms with E-state index in [0.717, 1.165) is 11.1 Å². The molecule has 2 aromatic rings. The molecule has 2 rings (SSSR count). The maximum atomic E-state index is 11.8. The highest BCUT2D eigenvalue weighted by Gasteiger charge is 2.14. The molecule has 0 radical (unpaired) electrons. The van der Waals surface area contributed by atoms with E-state index >= 15 is 0 Å². The highest BCUT2D eigenvalue weighted by molar-refractivity contribution is 5.97. The van der Waals surface area contributed by atoms with E-state index in [2.05, 4.69) is 4.98 Å². The number of pyridine rings is 1. The lowest BCUT2D eigenvalue weighted by atomic mass is 10.0. The second kappa shape index (κ2) is 5.31. The fourth-order valence-electron chi connectivity index (χ4n) is 1.70. The Morgan fingerprint density at radius 2 is 2.06 bits per heavy atom. The third-order valence-corrected chi connectivity index (χ3v) is 2.51. The van der Waals surface area contributed by atoms with E-state index < -0.39 is 0 Å². The summed E-state index contributed by atoms with van der Waals surface area (Å²) in [6.45, 7) is 2.10. The Hall–Kier alpha value is -2.36. The average Bonchev–Trinajstić information content (AvgIpc) is 2.40. The van der Waals surface area contributed by atoms with Gasteiger partial charge in [-0.3, -0.25) is 0 Å². The van der Waals surface area contributed by atoms with Gasteiger partial charge in [-0.05, 0) is 18.6 Å². The van der Waals surface area contributed by atoms with Gasteiger partial charge in [0.1, 0.15) is 5.82 Å². The first kappa shape index (κ1) is 12.1. The van der Waals surface area contributed by atoms with Crippen LogP contribution in [0.5, 0.6) is 0 Å². The zero-order valence-corrected chi connectivity index (χ0v) is 10.1. The van der Waals surface area contributed by atoms with Crippen molar-refractivity contribution in [3.05, 3.63) is 48.2 Å². The molecule has 1 heterocycles. The number of hydrogen-bond donors (Lipinski definition) is 1. The van der Waals surface area contributed by atoms with Gasteiger partial charge < -0.3 is 10.5 Å². The number of esters is 1. The Labute approximate surface area is 105 Å². The lowest BCUT2D eigenvalue weighted by molar-refractivity contribution is 0.0527. The number of rotatable bonds is 3. The fourth-order valence-corrected chi connectivity index (χ4v) is 1.70. The molecule has 0 saturated heterocycles. The molecule has 0 amide bonds. The third-order valence-electron chi connectivity index (χ3n) is 2.51. The minimum Gasteiger partial charge on any atom is -0.462 e. The van der Waals surface area contributed by atoms with Gasteiger partial charge in [0.25, 0.3) is 0 Å². The predicted molar refractivity (Wildman–Crippen MR) is 70.0 cm³/mol. The van der Waals surface area contributed by atoms with E-state index in [1.807, 2.05) is 30.3 Å². The van der Waals surface area contributed by atoms with E-state index in [4.69, 9.17) is 10.5 Å². The van der Waals surface area contributed by atoms with Gasteiger partial charge in [0.2, 0.25) is 0 Å². The molecule has 4 heteroatoms. The van der Waals surface area contributed by atoms with Crippen molar-refractivity contribution in [1.82, 2.24) is 4.98 Å². The third kappa shape index (κ3) is 2.48. The van der Waals surface area contributed by atoms with Gasteiger partial charge in [-0.2, -0.15) is 0 Å². The lowest BCUT2D eigenvalue weighted by Crippen LogP contribution is -2.08. The van der Waals surface area contributed by atoms with E-state index in [1.165, 1.54) is 6.20 Å². The molecule has 92 valence electrons. The molecule has 1 aromatic heterocycles. The normalized spacial score (nSPS) is 10.1. The first-order valence-electron chi connectivity index (χ1n) is 5.70. The topological polar surface area (TPSA) is 65.2 Å². The molecule has 18 heavy (non-hydrogen) atoms. The predicted octanol–water partition coefficient (Wildman–Crippen LogP) is 2.51. The van der Waals surface area contributed by atoms with Crippen molar-refractivity contribution in [1.29, 1.82) is 0 Å². The SMILES string of the molecule is CCOC(=O)c1cnc(N)cc1-c1ccccc1. The number of nitrogen functional groups attached to an aromatic ring is 1. The van der Waals surface area contributed by atoms with Crippen LogP contribution in [0.4, 0.5) is 5.82 Å². The van der Waals surface area contributed by atoms with Gasteiger partial charge in [-0.25, -0.2) is 9.78 Å². The zero-order chi connectivity index (χ0) is 13.0. The lowest BCUT2D eigenvalue weighted by Gasteiger charge is -2.09. The molecule has 1 aromatic carbocycles. The minimum absolute atomic E-state index is 0.331. The molecular weight excluding hydrogens is 228 g/mol. The van der Waals surface area contributed by atoms with Gasteiger partial charge >= 0.3 is 5.97 Å². The number of nitrogens with zero attached hydrogens (tertiary/aromatic N) is 1. The smallest absolute Gasteiger partial charge is 0.340 e. The van der Waals surface area contributed by atoms with Gasteiger partial charge in [-0.15, -0.1) is 0 Å². The Morgan fingerprint density at radius 1 is 1.33 bits per heavy atom. The first-order chi connectivity index (χ1) is 8.72. The maximum Gasteiger partial charge on any atom is 0.340 e. The zero-order valence-electron chi connectivity index (χ0n) is 10.1. The van der Waals surface area contributed by atoms with E-state index in [1.54, 1.807) is 13.0 Å². The Kier molecular flexibility index (Phi) is 3.57. The number of anilines is 1. The summed E-state index contributed by atoms with van der Waals surface area (Å²) < 4.78 is 5.01. The van der Waals surface area contributed by atoms with Gasteiger partial charge in [0.15, 0.2) is 0 Å². The van der Waals surface area contributed by atoms with Crippen molar-refractivity contribution >= 4 is 11.8 Å². The summed E-state index contributed by atoms with van der Waals surface area (Å²) in [7, 11) is 0. The Morgan fingerprint density at radius 3 is 2.72 bits per heavy atom. The average molecular weight is 242 g/mol. The van der Waals surface area contributed by atoms with Crippen LogP contribution in [0.3, 0.4) is 0 Å². The van der Waals surface area contributed by atoms with Crippen molar-refractivity contribution in [3.63, 3.8) is 0 Å². The van der Waals surface area contributed by atoms with Crippen molar-refractivity contribution < 1.29 is 9.53 Å². The first-order valence-corrected chi connectivity index (χ1v) is 5.70. The van der Waals surface area contributed by atoms with E-state index in [0.29, 0.717) is 18.0 Å². The number of benzene rings is 1. The van der Waals surface area contributed by atoms with Gasteiger partial charge in [0, 0.05) is 11.8 Å². The number of carbonyl (C=O) groups is 1. The van der Waals surface area contributed by atoms with Crippen LogP contribution in [0.2, 0.25) is 0 Å². The molecule has 0 saturated carbocycles. The molecule has 0 unspecified atom stereocenters. The molecule has 0 aliphatic rings. The molecule has 4 nitrogen and oxygen atoms in total. The number of ether oxygens (including phenoxy) is 1. The van der Waals surface area contributed by atoms with Crippen molar-refractivity contribution in [3.8, 4) is 11.1 Å². The van der Waals surface area contributed by atoms with Gasteiger partial charge in [0.05, 0.1) is 12.2 Å². The molecule has 0 bridgehead atoms. The highest BCUT2D eigenvalue weighted by Crippen LogP contribution is 2.25. The van der Waals surface area contributed by atoms with Crippen molar-refractivity contribution in [2.75, 3.05) is 12.3 Å². The second-order valence-corrected chi connectivity index (χ2v) is 3.74. The Bertz CT molecular complexity index is 553. The minimum atomic E-state index is -0.385. The number of carbonyl (C=O) groups excluding carboxylic acids is 1. The molecular formula is C14H14N2O2. The van der Waals surface area contributed by atoms with Crippen molar-refractivity contribution in [2.45, 2.75) is 6.92 Å². The summed E-state index contributed by atoms with van der Waals surface area (Å²) in [5.74, 6) is -0.00856. The second-order valence-electron chi connectivity index (χ2n) is 3.74. The monoisotopic (exact) mass is 242 g/mol. The summed E-state index contributed by atoms with van der Waals surface area (Å²) in [6.07, 6.45) is 1.45. The standard InChI is InChI=1S/C14H14N2O2/c1-2-18-14(17)12-9-16-13(15)8-11(12)10-6-4-3-5-7-10/h3-9H,2H2,1H3,(H2,15,16). The van der Waals surface area contributed by atoms with Crippen LogP contribution < -0.4 is 5.73 Å². The van der Waals surface area contributed by atoms with Crippen LogP contribution in [-0.2, 0) is 4.74 Å². The van der Waals surface area contributed by atoms with Crippen LogP contribution >= 0.6 is 0 Å². The largest absolute Gasteiger partial charge is 0.462 e. The highest BCUT2D eigenvalue weighted by atomic mass is 16.5. The molecule has 0 spiro atoms. The summed E-state index contributed by atoms with van der Waals surface area (Å²) >= 11 is 0. The van der Waals surface area contributed by atoms with Crippen LogP contribution in [0.25, 0.3) is 11.1 Å². The summed E-state index contributed by atoms with van der Waals surface area (Å²) in [5, 5.41) is 0. The molecule has 0 aliphatic heterocycles. The Balaban J connectivity index is 2.51. The number of hydrogen-bond acceptors (Lipinski definition) is 4. The van der Waals surface area contributed by atoms with Crippen LogP contribution in [-0.4, -0.2) is 17.6 Å². The van der Waals surface area contributed by atoms with Crippen LogP contribution in [0.1, 0.15) is 17.3 Å². The number of nitrogens with two attached hydrogens (primary N) is 1. The van der Waals surface area contributed by atoms with Gasteiger partial charge in [-0.1, -0.05) is 30.3 Å². The number of aromatic nitrogens is 1. The van der Waals surface area contributed by atoms with Crippen LogP contribution in [0, 0.1) is 0 Å². The summed E-state index contributed by atoms with van der Waals surface area (Å²) in [4.78, 5) is 15.8.